The number of hydrogen-bond donors (Lipinski definition) is 1. The molecule has 0 bridgehead atoms. The lowest BCUT2D eigenvalue weighted by atomic mass is 10.1. The first-order valence-corrected chi connectivity index (χ1v) is 6.70. The minimum atomic E-state index is -0.930. The molecule has 1 heterocycles. The second-order valence-corrected chi connectivity index (χ2v) is 5.56. The number of benzene rings is 1. The van der Waals surface area contributed by atoms with Gasteiger partial charge in [0.1, 0.15) is 5.52 Å². The van der Waals surface area contributed by atoms with Gasteiger partial charge in [-0.05, 0) is 42.9 Å². The Bertz CT molecular complexity index is 620. The number of hydrogen-bond acceptors (Lipinski definition) is 3. The molecular formula is C14H17N3O2. The number of nitrogens with zero attached hydrogens (tertiary/aromatic N) is 3. The van der Waals surface area contributed by atoms with Gasteiger partial charge in [0.15, 0.2) is 0 Å². The second-order valence-electron chi connectivity index (χ2n) is 5.56. The van der Waals surface area contributed by atoms with Crippen LogP contribution in [0.25, 0.3) is 11.0 Å². The smallest absolute Gasteiger partial charge is 0.335 e. The molecule has 1 aliphatic carbocycles. The molecule has 0 amide bonds. The fraction of sp³-hybridized carbons (Fsp3) is 0.500. The lowest BCUT2D eigenvalue weighted by Gasteiger charge is -2.09. The summed E-state index contributed by atoms with van der Waals surface area (Å²) < 4.78 is 1.91. The van der Waals surface area contributed by atoms with Crippen molar-refractivity contribution in [3.63, 3.8) is 0 Å². The van der Waals surface area contributed by atoms with Gasteiger partial charge in [0.25, 0.3) is 0 Å². The average molecular weight is 259 g/mol. The molecule has 1 N–H and O–H groups in total. The van der Waals surface area contributed by atoms with Crippen LogP contribution in [0, 0.1) is 11.8 Å². The molecule has 0 spiro atoms. The van der Waals surface area contributed by atoms with Crippen molar-refractivity contribution in [3.05, 3.63) is 23.8 Å². The molecule has 1 fully saturated rings. The second kappa shape index (κ2) is 4.64. The van der Waals surface area contributed by atoms with Gasteiger partial charge >= 0.3 is 5.97 Å². The zero-order chi connectivity index (χ0) is 13.4. The van der Waals surface area contributed by atoms with Crippen LogP contribution in [0.1, 0.15) is 36.5 Å². The highest BCUT2D eigenvalue weighted by atomic mass is 16.4. The topological polar surface area (TPSA) is 68.0 Å². The molecular weight excluding hydrogens is 242 g/mol. The van der Waals surface area contributed by atoms with Crippen LogP contribution in [0.3, 0.4) is 0 Å². The fourth-order valence-corrected chi connectivity index (χ4v) is 2.98. The number of carboxylic acid groups (broad SMARTS) is 1. The molecule has 2 atom stereocenters. The lowest BCUT2D eigenvalue weighted by molar-refractivity contribution is 0.0697. The van der Waals surface area contributed by atoms with Gasteiger partial charge in [-0.2, -0.15) is 0 Å². The summed E-state index contributed by atoms with van der Waals surface area (Å²) in [6, 6.07) is 5.00. The summed E-state index contributed by atoms with van der Waals surface area (Å²) >= 11 is 0. The molecule has 1 aliphatic rings. The van der Waals surface area contributed by atoms with E-state index in [-0.39, 0.29) is 5.56 Å². The van der Waals surface area contributed by atoms with Gasteiger partial charge in [-0.25, -0.2) is 9.48 Å². The van der Waals surface area contributed by atoms with Crippen LogP contribution >= 0.6 is 0 Å². The Balaban J connectivity index is 1.86. The van der Waals surface area contributed by atoms with E-state index >= 15 is 0 Å². The number of carboxylic acids is 1. The summed E-state index contributed by atoms with van der Waals surface area (Å²) in [6.45, 7) is 3.17. The maximum absolute atomic E-state index is 10.9. The molecule has 5 heteroatoms. The summed E-state index contributed by atoms with van der Waals surface area (Å²) in [5, 5.41) is 17.2. The van der Waals surface area contributed by atoms with E-state index in [9.17, 15) is 4.79 Å². The standard InChI is InChI=1S/C14H17N3O2/c1-9-2-3-10(6-9)8-17-13-5-4-11(14(18)19)7-12(13)15-16-17/h4-5,7,9-10H,2-3,6,8H2,1H3,(H,18,19). The van der Waals surface area contributed by atoms with Crippen LogP contribution in [0.2, 0.25) is 0 Å². The van der Waals surface area contributed by atoms with Crippen molar-refractivity contribution < 1.29 is 9.90 Å². The third-order valence-electron chi connectivity index (χ3n) is 4.00. The third kappa shape index (κ3) is 2.32. The molecule has 0 aliphatic heterocycles. The number of carbonyl (C=O) groups is 1. The summed E-state index contributed by atoms with van der Waals surface area (Å²) in [6.07, 6.45) is 3.78. The van der Waals surface area contributed by atoms with Crippen molar-refractivity contribution >= 4 is 17.0 Å². The Morgan fingerprint density at radius 2 is 2.32 bits per heavy atom. The predicted molar refractivity (Wildman–Crippen MR) is 71.0 cm³/mol. The first-order valence-electron chi connectivity index (χ1n) is 6.70. The highest BCUT2D eigenvalue weighted by Gasteiger charge is 2.22. The zero-order valence-electron chi connectivity index (χ0n) is 10.9. The van der Waals surface area contributed by atoms with E-state index < -0.39 is 5.97 Å². The summed E-state index contributed by atoms with van der Waals surface area (Å²) in [4.78, 5) is 10.9. The summed E-state index contributed by atoms with van der Waals surface area (Å²) in [5.74, 6) is 0.540. The Hall–Kier alpha value is -1.91. The molecule has 0 saturated heterocycles. The van der Waals surface area contributed by atoms with E-state index in [0.717, 1.165) is 18.0 Å². The Morgan fingerprint density at radius 1 is 1.47 bits per heavy atom. The van der Waals surface area contributed by atoms with E-state index in [1.54, 1.807) is 18.2 Å². The average Bonchev–Trinajstić information content (AvgIpc) is 2.96. The van der Waals surface area contributed by atoms with Crippen LogP contribution in [0.15, 0.2) is 18.2 Å². The van der Waals surface area contributed by atoms with E-state index in [0.29, 0.717) is 11.4 Å². The van der Waals surface area contributed by atoms with Crippen LogP contribution in [0.4, 0.5) is 0 Å². The van der Waals surface area contributed by atoms with E-state index in [1.165, 1.54) is 19.3 Å². The van der Waals surface area contributed by atoms with Crippen LogP contribution in [-0.2, 0) is 6.54 Å². The SMILES string of the molecule is CC1CCC(Cn2nnc3cc(C(=O)O)ccc32)C1. The number of aromatic nitrogens is 3. The summed E-state index contributed by atoms with van der Waals surface area (Å²) in [5.41, 5.74) is 1.84. The molecule has 1 aromatic carbocycles. The molecule has 5 nitrogen and oxygen atoms in total. The zero-order valence-corrected chi connectivity index (χ0v) is 10.9. The van der Waals surface area contributed by atoms with Gasteiger partial charge in [-0.1, -0.05) is 18.6 Å². The Kier molecular flexibility index (Phi) is 2.97. The number of aromatic carboxylic acids is 1. The maximum Gasteiger partial charge on any atom is 0.335 e. The first kappa shape index (κ1) is 12.1. The van der Waals surface area contributed by atoms with Crippen molar-refractivity contribution in [1.82, 2.24) is 15.0 Å². The molecule has 100 valence electrons. The third-order valence-corrected chi connectivity index (χ3v) is 4.00. The minimum Gasteiger partial charge on any atom is -0.478 e. The van der Waals surface area contributed by atoms with Crippen LogP contribution < -0.4 is 0 Å². The van der Waals surface area contributed by atoms with Gasteiger partial charge in [-0.15, -0.1) is 5.10 Å². The predicted octanol–water partition coefficient (Wildman–Crippen LogP) is 2.57. The normalized spacial score (nSPS) is 23.0. The molecule has 0 radical (unpaired) electrons. The van der Waals surface area contributed by atoms with Crippen molar-refractivity contribution in [2.75, 3.05) is 0 Å². The fourth-order valence-electron chi connectivity index (χ4n) is 2.98. The maximum atomic E-state index is 10.9. The van der Waals surface area contributed by atoms with Gasteiger partial charge in [0.2, 0.25) is 0 Å². The van der Waals surface area contributed by atoms with Crippen molar-refractivity contribution in [2.24, 2.45) is 11.8 Å². The Labute approximate surface area is 111 Å². The number of fused-ring (bicyclic) bond motifs is 1. The number of rotatable bonds is 3. The highest BCUT2D eigenvalue weighted by Crippen LogP contribution is 2.31. The van der Waals surface area contributed by atoms with Crippen molar-refractivity contribution in [1.29, 1.82) is 0 Å². The quantitative estimate of drug-likeness (QED) is 0.919. The monoisotopic (exact) mass is 259 g/mol. The molecule has 19 heavy (non-hydrogen) atoms. The molecule has 1 saturated carbocycles. The molecule has 3 rings (SSSR count). The highest BCUT2D eigenvalue weighted by molar-refractivity contribution is 5.92. The Morgan fingerprint density at radius 3 is 3.00 bits per heavy atom. The molecule has 2 aromatic rings. The largest absolute Gasteiger partial charge is 0.478 e. The molecule has 1 aromatic heterocycles. The van der Waals surface area contributed by atoms with Gasteiger partial charge in [0, 0.05) is 6.54 Å². The van der Waals surface area contributed by atoms with Crippen LogP contribution in [-0.4, -0.2) is 26.1 Å². The summed E-state index contributed by atoms with van der Waals surface area (Å²) in [7, 11) is 0. The van der Waals surface area contributed by atoms with E-state index in [1.807, 2.05) is 4.68 Å². The van der Waals surface area contributed by atoms with Gasteiger partial charge in [-0.3, -0.25) is 0 Å². The first-order chi connectivity index (χ1) is 9.13. The molecule has 2 unspecified atom stereocenters. The van der Waals surface area contributed by atoms with E-state index in [2.05, 4.69) is 17.2 Å². The van der Waals surface area contributed by atoms with E-state index in [4.69, 9.17) is 5.11 Å². The lowest BCUT2D eigenvalue weighted by Crippen LogP contribution is -2.09. The van der Waals surface area contributed by atoms with Crippen LogP contribution in [0.5, 0.6) is 0 Å². The van der Waals surface area contributed by atoms with Crippen molar-refractivity contribution in [3.8, 4) is 0 Å². The van der Waals surface area contributed by atoms with Gasteiger partial charge < -0.3 is 5.11 Å². The van der Waals surface area contributed by atoms with Gasteiger partial charge in [0.05, 0.1) is 11.1 Å². The minimum absolute atomic E-state index is 0.258. The van der Waals surface area contributed by atoms with Crippen molar-refractivity contribution in [2.45, 2.75) is 32.7 Å².